The van der Waals surface area contributed by atoms with Crippen LogP contribution in [0.1, 0.15) is 34.1 Å². The number of aromatic amines is 1. The van der Waals surface area contributed by atoms with Crippen molar-refractivity contribution in [3.63, 3.8) is 0 Å². The summed E-state index contributed by atoms with van der Waals surface area (Å²) in [6.07, 6.45) is 2.24. The van der Waals surface area contributed by atoms with Gasteiger partial charge in [0.25, 0.3) is 11.6 Å². The van der Waals surface area contributed by atoms with E-state index in [9.17, 15) is 19.7 Å². The number of esters is 1. The van der Waals surface area contributed by atoms with Gasteiger partial charge in [-0.25, -0.2) is 4.79 Å². The van der Waals surface area contributed by atoms with Crippen LogP contribution in [0.3, 0.4) is 0 Å². The maximum absolute atomic E-state index is 12.5. The lowest BCUT2D eigenvalue weighted by Crippen LogP contribution is -2.12. The lowest BCUT2D eigenvalue weighted by molar-refractivity contribution is -0.384. The van der Waals surface area contributed by atoms with Crippen molar-refractivity contribution in [2.45, 2.75) is 13.3 Å². The summed E-state index contributed by atoms with van der Waals surface area (Å²) in [6, 6.07) is 10.6. The van der Waals surface area contributed by atoms with Gasteiger partial charge in [-0.1, -0.05) is 6.92 Å². The number of benzene rings is 2. The van der Waals surface area contributed by atoms with Gasteiger partial charge >= 0.3 is 5.97 Å². The SMILES string of the molecule is CCCOC(=O)c1ccc(NC(=O)c2c[nH]c3ccc([N+](=O)[O-])cc23)cc1. The molecule has 27 heavy (non-hydrogen) atoms. The van der Waals surface area contributed by atoms with Gasteiger partial charge in [0.05, 0.1) is 22.7 Å². The topological polar surface area (TPSA) is 114 Å². The van der Waals surface area contributed by atoms with Crippen LogP contribution < -0.4 is 5.32 Å². The van der Waals surface area contributed by atoms with Crippen LogP contribution in [-0.4, -0.2) is 28.4 Å². The summed E-state index contributed by atoms with van der Waals surface area (Å²) in [6.45, 7) is 2.26. The molecule has 1 amide bonds. The number of H-pyrrole nitrogens is 1. The number of fused-ring (bicyclic) bond motifs is 1. The Morgan fingerprint density at radius 1 is 1.19 bits per heavy atom. The van der Waals surface area contributed by atoms with Crippen molar-refractivity contribution in [3.05, 3.63) is 69.9 Å². The molecule has 8 heteroatoms. The molecule has 0 saturated heterocycles. The summed E-state index contributed by atoms with van der Waals surface area (Å²) in [7, 11) is 0. The molecule has 0 aliphatic heterocycles. The fourth-order valence-electron chi connectivity index (χ4n) is 2.58. The second-order valence-electron chi connectivity index (χ2n) is 5.86. The number of carbonyl (C=O) groups excluding carboxylic acids is 2. The third kappa shape index (κ3) is 3.95. The second-order valence-corrected chi connectivity index (χ2v) is 5.86. The number of non-ortho nitro benzene ring substituents is 1. The summed E-state index contributed by atoms with van der Waals surface area (Å²) >= 11 is 0. The fourth-order valence-corrected chi connectivity index (χ4v) is 2.58. The zero-order chi connectivity index (χ0) is 19.4. The van der Waals surface area contributed by atoms with E-state index in [1.807, 2.05) is 6.92 Å². The van der Waals surface area contributed by atoms with Gasteiger partial charge in [0.2, 0.25) is 0 Å². The molecule has 0 radical (unpaired) electrons. The molecule has 138 valence electrons. The molecule has 0 atom stereocenters. The van der Waals surface area contributed by atoms with E-state index >= 15 is 0 Å². The first-order valence-electron chi connectivity index (χ1n) is 8.33. The van der Waals surface area contributed by atoms with Crippen molar-refractivity contribution >= 4 is 34.2 Å². The summed E-state index contributed by atoms with van der Waals surface area (Å²) in [5.74, 6) is -0.832. The first kappa shape index (κ1) is 18.1. The Hall–Kier alpha value is -3.68. The van der Waals surface area contributed by atoms with Crippen LogP contribution in [0.15, 0.2) is 48.7 Å². The molecular weight excluding hydrogens is 350 g/mol. The number of nitrogens with zero attached hydrogens (tertiary/aromatic N) is 1. The molecule has 3 rings (SSSR count). The number of nitrogens with one attached hydrogen (secondary N) is 2. The molecule has 0 aliphatic carbocycles. The molecule has 0 fully saturated rings. The molecule has 8 nitrogen and oxygen atoms in total. The van der Waals surface area contributed by atoms with Gasteiger partial charge in [-0.3, -0.25) is 14.9 Å². The van der Waals surface area contributed by atoms with Crippen LogP contribution in [0.5, 0.6) is 0 Å². The van der Waals surface area contributed by atoms with Crippen LogP contribution in [0.4, 0.5) is 11.4 Å². The Kier molecular flexibility index (Phi) is 5.16. The zero-order valence-electron chi connectivity index (χ0n) is 14.5. The number of rotatable bonds is 6. The monoisotopic (exact) mass is 367 g/mol. The second kappa shape index (κ2) is 7.69. The zero-order valence-corrected chi connectivity index (χ0v) is 14.5. The molecular formula is C19H17N3O5. The van der Waals surface area contributed by atoms with Crippen molar-refractivity contribution in [1.29, 1.82) is 0 Å². The molecule has 1 heterocycles. The number of ether oxygens (including phenoxy) is 1. The number of nitro benzene ring substituents is 1. The van der Waals surface area contributed by atoms with E-state index < -0.39 is 16.8 Å². The predicted molar refractivity (Wildman–Crippen MR) is 99.9 cm³/mol. The standard InChI is InChI=1S/C19H17N3O5/c1-2-9-27-19(24)12-3-5-13(6-4-12)21-18(23)16-11-20-17-8-7-14(22(25)26)10-15(16)17/h3-8,10-11,20H,2,9H2,1H3,(H,21,23). The van der Waals surface area contributed by atoms with Crippen molar-refractivity contribution in [2.75, 3.05) is 11.9 Å². The Balaban J connectivity index is 1.77. The van der Waals surface area contributed by atoms with Crippen LogP contribution in [0, 0.1) is 10.1 Å². The Labute approximate surface area is 154 Å². The number of nitro groups is 1. The Morgan fingerprint density at radius 2 is 1.93 bits per heavy atom. The van der Waals surface area contributed by atoms with Crippen LogP contribution >= 0.6 is 0 Å². The minimum absolute atomic E-state index is 0.0916. The molecule has 0 saturated carbocycles. The fraction of sp³-hybridized carbons (Fsp3) is 0.158. The third-order valence-electron chi connectivity index (χ3n) is 3.94. The van der Waals surface area contributed by atoms with E-state index in [4.69, 9.17) is 4.74 Å². The van der Waals surface area contributed by atoms with Crippen molar-refractivity contribution < 1.29 is 19.2 Å². The lowest BCUT2D eigenvalue weighted by Gasteiger charge is -2.06. The van der Waals surface area contributed by atoms with Gasteiger partial charge in [0.15, 0.2) is 0 Å². The van der Waals surface area contributed by atoms with Gasteiger partial charge in [0.1, 0.15) is 0 Å². The van der Waals surface area contributed by atoms with Crippen molar-refractivity contribution in [2.24, 2.45) is 0 Å². The third-order valence-corrected chi connectivity index (χ3v) is 3.94. The maximum Gasteiger partial charge on any atom is 0.338 e. The van der Waals surface area contributed by atoms with Crippen LogP contribution in [0.2, 0.25) is 0 Å². The first-order valence-corrected chi connectivity index (χ1v) is 8.33. The first-order chi connectivity index (χ1) is 13.0. The molecule has 0 aliphatic rings. The Bertz CT molecular complexity index is 1010. The van der Waals surface area contributed by atoms with E-state index in [0.717, 1.165) is 6.42 Å². The smallest absolute Gasteiger partial charge is 0.338 e. The van der Waals surface area contributed by atoms with Gasteiger partial charge < -0.3 is 15.0 Å². The van der Waals surface area contributed by atoms with E-state index in [-0.39, 0.29) is 5.69 Å². The largest absolute Gasteiger partial charge is 0.462 e. The van der Waals surface area contributed by atoms with E-state index in [1.54, 1.807) is 30.3 Å². The highest BCUT2D eigenvalue weighted by Crippen LogP contribution is 2.24. The lowest BCUT2D eigenvalue weighted by atomic mass is 10.1. The molecule has 0 spiro atoms. The number of hydrogen-bond acceptors (Lipinski definition) is 5. The summed E-state index contributed by atoms with van der Waals surface area (Å²) in [4.78, 5) is 37.7. The highest BCUT2D eigenvalue weighted by molar-refractivity contribution is 6.13. The summed E-state index contributed by atoms with van der Waals surface area (Å²) < 4.78 is 5.05. The summed E-state index contributed by atoms with van der Waals surface area (Å²) in [5, 5.41) is 14.1. The highest BCUT2D eigenvalue weighted by Gasteiger charge is 2.16. The molecule has 2 N–H and O–H groups in total. The number of aromatic nitrogens is 1. The van der Waals surface area contributed by atoms with Gasteiger partial charge in [-0.2, -0.15) is 0 Å². The molecule has 3 aromatic rings. The number of amides is 1. The van der Waals surface area contributed by atoms with E-state index in [0.29, 0.717) is 34.3 Å². The van der Waals surface area contributed by atoms with Crippen LogP contribution in [0.25, 0.3) is 10.9 Å². The molecule has 0 unspecified atom stereocenters. The van der Waals surface area contributed by atoms with Gasteiger partial charge in [0, 0.05) is 34.9 Å². The van der Waals surface area contributed by atoms with E-state index in [2.05, 4.69) is 10.3 Å². The average Bonchev–Trinajstić information content (AvgIpc) is 3.10. The molecule has 1 aromatic heterocycles. The minimum Gasteiger partial charge on any atom is -0.462 e. The van der Waals surface area contributed by atoms with Gasteiger partial charge in [-0.15, -0.1) is 0 Å². The number of anilines is 1. The normalized spacial score (nSPS) is 10.6. The summed E-state index contributed by atoms with van der Waals surface area (Å²) in [5.41, 5.74) is 1.71. The minimum atomic E-state index is -0.509. The average molecular weight is 367 g/mol. The molecule has 2 aromatic carbocycles. The number of hydrogen-bond donors (Lipinski definition) is 2. The quantitative estimate of drug-likeness (QED) is 0.390. The Morgan fingerprint density at radius 3 is 2.59 bits per heavy atom. The highest BCUT2D eigenvalue weighted by atomic mass is 16.6. The van der Waals surface area contributed by atoms with Gasteiger partial charge in [-0.05, 0) is 36.8 Å². The van der Waals surface area contributed by atoms with Crippen LogP contribution in [-0.2, 0) is 4.74 Å². The van der Waals surface area contributed by atoms with Crippen molar-refractivity contribution in [3.8, 4) is 0 Å². The van der Waals surface area contributed by atoms with E-state index in [1.165, 1.54) is 18.3 Å². The number of carbonyl (C=O) groups is 2. The maximum atomic E-state index is 12.5. The predicted octanol–water partition coefficient (Wildman–Crippen LogP) is 3.90. The van der Waals surface area contributed by atoms with Crippen molar-refractivity contribution in [1.82, 2.24) is 4.98 Å². The molecule has 0 bridgehead atoms.